The molecule has 0 aliphatic carbocycles. The fourth-order valence-corrected chi connectivity index (χ4v) is 4.09. The van der Waals surface area contributed by atoms with E-state index in [2.05, 4.69) is 4.98 Å². The number of benzene rings is 1. The van der Waals surface area contributed by atoms with Gasteiger partial charge in [0.25, 0.3) is 0 Å². The first-order valence-electron chi connectivity index (χ1n) is 7.75. The first-order valence-corrected chi connectivity index (χ1v) is 8.80. The lowest BCUT2D eigenvalue weighted by Crippen LogP contribution is -2.30. The Morgan fingerprint density at radius 1 is 1.25 bits per heavy atom. The summed E-state index contributed by atoms with van der Waals surface area (Å²) in [5, 5.41) is -0.0563. The average Bonchev–Trinajstić information content (AvgIpc) is 3.00. The Morgan fingerprint density at radius 2 is 2.12 bits per heavy atom. The van der Waals surface area contributed by atoms with Crippen LogP contribution in [0, 0.1) is 0 Å². The summed E-state index contributed by atoms with van der Waals surface area (Å²) in [6, 6.07) is 9.73. The molecule has 2 heterocycles. The van der Waals surface area contributed by atoms with E-state index in [0.29, 0.717) is 23.8 Å². The lowest BCUT2D eigenvalue weighted by atomic mass is 10.1. The predicted molar refractivity (Wildman–Crippen MR) is 94.4 cm³/mol. The van der Waals surface area contributed by atoms with Gasteiger partial charge in [0.15, 0.2) is 11.5 Å². The summed E-state index contributed by atoms with van der Waals surface area (Å²) in [5.74, 6) is 2.01. The highest BCUT2D eigenvalue weighted by atomic mass is 32.2. The number of para-hydroxylation sites is 1. The molecule has 1 atom stereocenters. The Balaban J connectivity index is 1.83. The molecule has 1 amide bonds. The van der Waals surface area contributed by atoms with Crippen LogP contribution in [0.25, 0.3) is 0 Å². The molecule has 3 rings (SSSR count). The predicted octanol–water partition coefficient (Wildman–Crippen LogP) is 2.92. The zero-order valence-corrected chi connectivity index (χ0v) is 14.6. The summed E-state index contributed by atoms with van der Waals surface area (Å²) in [7, 11) is 3.25. The molecule has 0 bridgehead atoms. The zero-order chi connectivity index (χ0) is 16.9. The number of pyridine rings is 1. The SMILES string of the molecule is COc1cccc(C2SCC(=O)N2CCc2cccnc2)c1OC. The third-order valence-corrected chi connectivity index (χ3v) is 5.27. The number of carbonyl (C=O) groups is 1. The van der Waals surface area contributed by atoms with Gasteiger partial charge < -0.3 is 14.4 Å². The van der Waals surface area contributed by atoms with Crippen LogP contribution in [-0.2, 0) is 11.2 Å². The molecule has 2 aromatic rings. The van der Waals surface area contributed by atoms with Crippen LogP contribution in [0.1, 0.15) is 16.5 Å². The molecule has 0 radical (unpaired) electrons. The monoisotopic (exact) mass is 344 g/mol. The number of amides is 1. The molecule has 1 aromatic heterocycles. The van der Waals surface area contributed by atoms with Gasteiger partial charge in [-0.1, -0.05) is 18.2 Å². The molecule has 5 nitrogen and oxygen atoms in total. The van der Waals surface area contributed by atoms with E-state index in [1.54, 1.807) is 32.2 Å². The molecule has 1 aliphatic heterocycles. The highest BCUT2D eigenvalue weighted by molar-refractivity contribution is 8.00. The number of hydrogen-bond donors (Lipinski definition) is 0. The van der Waals surface area contributed by atoms with Crippen LogP contribution in [0.15, 0.2) is 42.7 Å². The molecule has 1 saturated heterocycles. The molecule has 1 aromatic carbocycles. The molecule has 1 unspecified atom stereocenters. The second kappa shape index (κ2) is 7.57. The van der Waals surface area contributed by atoms with Crippen molar-refractivity contribution in [3.05, 3.63) is 53.9 Å². The Hall–Kier alpha value is -2.21. The lowest BCUT2D eigenvalue weighted by molar-refractivity contribution is -0.128. The Kier molecular flexibility index (Phi) is 5.25. The van der Waals surface area contributed by atoms with E-state index in [0.717, 1.165) is 17.5 Å². The maximum atomic E-state index is 12.4. The molecule has 126 valence electrons. The number of ether oxygens (including phenoxy) is 2. The van der Waals surface area contributed by atoms with Crippen LogP contribution in [0.4, 0.5) is 0 Å². The van der Waals surface area contributed by atoms with Crippen molar-refractivity contribution in [3.63, 3.8) is 0 Å². The molecule has 0 spiro atoms. The minimum Gasteiger partial charge on any atom is -0.493 e. The third kappa shape index (κ3) is 3.33. The van der Waals surface area contributed by atoms with Gasteiger partial charge in [-0.25, -0.2) is 0 Å². The van der Waals surface area contributed by atoms with Gasteiger partial charge in [0, 0.05) is 24.5 Å². The standard InChI is InChI=1S/C18H20N2O3S/c1-22-15-7-3-6-14(17(15)23-2)18-20(16(21)12-24-18)10-8-13-5-4-9-19-11-13/h3-7,9,11,18H,8,10,12H2,1-2H3. The van der Waals surface area contributed by atoms with Crippen molar-refractivity contribution >= 4 is 17.7 Å². The third-order valence-electron chi connectivity index (χ3n) is 4.03. The van der Waals surface area contributed by atoms with Crippen LogP contribution < -0.4 is 9.47 Å². The Bertz CT molecular complexity index is 709. The topological polar surface area (TPSA) is 51.7 Å². The Morgan fingerprint density at radius 3 is 2.83 bits per heavy atom. The Labute approximate surface area is 146 Å². The summed E-state index contributed by atoms with van der Waals surface area (Å²) in [6.45, 7) is 0.655. The first-order chi connectivity index (χ1) is 11.7. The van der Waals surface area contributed by atoms with E-state index < -0.39 is 0 Å². The largest absolute Gasteiger partial charge is 0.493 e. The molecule has 1 aliphatic rings. The maximum absolute atomic E-state index is 12.4. The van der Waals surface area contributed by atoms with E-state index in [1.165, 1.54) is 0 Å². The molecule has 0 N–H and O–H groups in total. The number of methoxy groups -OCH3 is 2. The van der Waals surface area contributed by atoms with Crippen molar-refractivity contribution in [2.75, 3.05) is 26.5 Å². The minimum absolute atomic E-state index is 0.0563. The van der Waals surface area contributed by atoms with Crippen molar-refractivity contribution in [1.82, 2.24) is 9.88 Å². The van der Waals surface area contributed by atoms with Gasteiger partial charge in [-0.2, -0.15) is 0 Å². The van der Waals surface area contributed by atoms with E-state index in [1.807, 2.05) is 41.4 Å². The maximum Gasteiger partial charge on any atom is 0.233 e. The highest BCUT2D eigenvalue weighted by Gasteiger charge is 2.34. The second-order valence-corrected chi connectivity index (χ2v) is 6.51. The summed E-state index contributed by atoms with van der Waals surface area (Å²) < 4.78 is 10.9. The van der Waals surface area contributed by atoms with Crippen molar-refractivity contribution in [1.29, 1.82) is 0 Å². The molecular weight excluding hydrogens is 324 g/mol. The average molecular weight is 344 g/mol. The highest BCUT2D eigenvalue weighted by Crippen LogP contribution is 2.45. The van der Waals surface area contributed by atoms with Gasteiger partial charge in [0.05, 0.1) is 20.0 Å². The molecule has 24 heavy (non-hydrogen) atoms. The smallest absolute Gasteiger partial charge is 0.233 e. The quantitative estimate of drug-likeness (QED) is 0.806. The normalized spacial score (nSPS) is 17.2. The van der Waals surface area contributed by atoms with E-state index in [4.69, 9.17) is 9.47 Å². The van der Waals surface area contributed by atoms with Crippen molar-refractivity contribution in [2.24, 2.45) is 0 Å². The van der Waals surface area contributed by atoms with Crippen molar-refractivity contribution in [3.8, 4) is 11.5 Å². The van der Waals surface area contributed by atoms with Crippen LogP contribution >= 0.6 is 11.8 Å². The second-order valence-electron chi connectivity index (χ2n) is 5.44. The van der Waals surface area contributed by atoms with Crippen LogP contribution in [0.3, 0.4) is 0 Å². The number of hydrogen-bond acceptors (Lipinski definition) is 5. The van der Waals surface area contributed by atoms with E-state index in [9.17, 15) is 4.79 Å². The fraction of sp³-hybridized carbons (Fsp3) is 0.333. The van der Waals surface area contributed by atoms with Gasteiger partial charge in [0.1, 0.15) is 5.37 Å². The fourth-order valence-electron chi connectivity index (χ4n) is 2.86. The van der Waals surface area contributed by atoms with Crippen molar-refractivity contribution in [2.45, 2.75) is 11.8 Å². The number of carbonyl (C=O) groups excluding carboxylic acids is 1. The first kappa shape index (κ1) is 16.6. The summed E-state index contributed by atoms with van der Waals surface area (Å²) in [4.78, 5) is 18.4. The number of nitrogens with zero attached hydrogens (tertiary/aromatic N) is 2. The number of aromatic nitrogens is 1. The van der Waals surface area contributed by atoms with Gasteiger partial charge in [0.2, 0.25) is 5.91 Å². The molecular formula is C18H20N2O3S. The summed E-state index contributed by atoms with van der Waals surface area (Å²) in [5.41, 5.74) is 2.09. The van der Waals surface area contributed by atoms with Gasteiger partial charge in [-0.15, -0.1) is 11.8 Å². The van der Waals surface area contributed by atoms with Crippen LogP contribution in [-0.4, -0.2) is 42.3 Å². The lowest BCUT2D eigenvalue weighted by Gasteiger charge is -2.26. The molecule has 1 fully saturated rings. The number of rotatable bonds is 6. The molecule has 6 heteroatoms. The van der Waals surface area contributed by atoms with Crippen molar-refractivity contribution < 1.29 is 14.3 Å². The van der Waals surface area contributed by atoms with E-state index in [-0.39, 0.29) is 11.3 Å². The van der Waals surface area contributed by atoms with E-state index >= 15 is 0 Å². The zero-order valence-electron chi connectivity index (χ0n) is 13.8. The summed E-state index contributed by atoms with van der Waals surface area (Å²) >= 11 is 1.62. The van der Waals surface area contributed by atoms with Crippen LogP contribution in [0.2, 0.25) is 0 Å². The molecule has 0 saturated carbocycles. The summed E-state index contributed by atoms with van der Waals surface area (Å²) in [6.07, 6.45) is 4.38. The van der Waals surface area contributed by atoms with Crippen LogP contribution in [0.5, 0.6) is 11.5 Å². The van der Waals surface area contributed by atoms with Gasteiger partial charge in [-0.3, -0.25) is 9.78 Å². The van der Waals surface area contributed by atoms with Gasteiger partial charge >= 0.3 is 0 Å². The number of thioether (sulfide) groups is 1. The minimum atomic E-state index is -0.0563. The van der Waals surface area contributed by atoms with Gasteiger partial charge in [-0.05, 0) is 24.1 Å².